The van der Waals surface area contributed by atoms with Crippen LogP contribution in [-0.2, 0) is 0 Å². The lowest BCUT2D eigenvalue weighted by atomic mass is 9.40. The lowest BCUT2D eigenvalue weighted by molar-refractivity contribution is -0.146. The SMILES string of the molecule is CC1(C2(C3CCC3)CCC2)CCC1. The average Bonchev–Trinajstić information content (AvgIpc) is 1.87. The molecule has 0 aromatic heterocycles. The third kappa shape index (κ3) is 0.877. The van der Waals surface area contributed by atoms with Crippen molar-refractivity contribution in [3.63, 3.8) is 0 Å². The Balaban J connectivity index is 1.82. The summed E-state index contributed by atoms with van der Waals surface area (Å²) in [6.07, 6.45) is 14.0. The van der Waals surface area contributed by atoms with Crippen LogP contribution < -0.4 is 0 Å². The summed E-state index contributed by atoms with van der Waals surface area (Å²) in [5.41, 5.74) is 1.64. The molecule has 13 heavy (non-hydrogen) atoms. The number of hydrogen-bond acceptors (Lipinski definition) is 0. The predicted octanol–water partition coefficient (Wildman–Crippen LogP) is 4.15. The topological polar surface area (TPSA) is 0 Å². The van der Waals surface area contributed by atoms with E-state index in [0.29, 0.717) is 0 Å². The summed E-state index contributed by atoms with van der Waals surface area (Å²) in [7, 11) is 0. The Labute approximate surface area is 82.1 Å². The van der Waals surface area contributed by atoms with Crippen LogP contribution in [0, 0.1) is 16.7 Å². The first-order valence-corrected chi connectivity index (χ1v) is 6.27. The molecule has 0 N–H and O–H groups in total. The number of hydrogen-bond donors (Lipinski definition) is 0. The lowest BCUT2D eigenvalue weighted by Crippen LogP contribution is -2.55. The van der Waals surface area contributed by atoms with Crippen molar-refractivity contribution < 1.29 is 0 Å². The minimum Gasteiger partial charge on any atom is -0.0591 e. The molecule has 0 radical (unpaired) electrons. The van der Waals surface area contributed by atoms with E-state index < -0.39 is 0 Å². The molecule has 0 atom stereocenters. The molecule has 0 saturated heterocycles. The molecule has 74 valence electrons. The van der Waals surface area contributed by atoms with Crippen LogP contribution in [0.1, 0.15) is 64.7 Å². The van der Waals surface area contributed by atoms with Crippen molar-refractivity contribution in [3.05, 3.63) is 0 Å². The molecule has 3 rings (SSSR count). The van der Waals surface area contributed by atoms with Crippen molar-refractivity contribution in [1.29, 1.82) is 0 Å². The molecule has 0 amide bonds. The van der Waals surface area contributed by atoms with Gasteiger partial charge in [-0.3, -0.25) is 0 Å². The Morgan fingerprint density at radius 2 is 1.46 bits per heavy atom. The van der Waals surface area contributed by atoms with Gasteiger partial charge in [0.05, 0.1) is 0 Å². The Morgan fingerprint density at radius 1 is 0.846 bits per heavy atom. The van der Waals surface area contributed by atoms with Crippen LogP contribution in [0.2, 0.25) is 0 Å². The summed E-state index contributed by atoms with van der Waals surface area (Å²) < 4.78 is 0. The zero-order valence-electron chi connectivity index (χ0n) is 8.94. The maximum atomic E-state index is 2.59. The standard InChI is InChI=1S/C13H22/c1-12(7-3-8-12)13(9-4-10-13)11-5-2-6-11/h11H,2-10H2,1H3. The first-order chi connectivity index (χ1) is 6.27. The molecule has 0 nitrogen and oxygen atoms in total. The molecule has 0 aliphatic heterocycles. The molecule has 3 aliphatic carbocycles. The van der Waals surface area contributed by atoms with Crippen molar-refractivity contribution in [2.24, 2.45) is 16.7 Å². The fourth-order valence-electron chi connectivity index (χ4n) is 4.23. The Hall–Kier alpha value is 0. The molecule has 0 unspecified atom stereocenters. The van der Waals surface area contributed by atoms with Gasteiger partial charge in [0, 0.05) is 0 Å². The zero-order valence-corrected chi connectivity index (χ0v) is 8.94. The minimum atomic E-state index is 0.788. The van der Waals surface area contributed by atoms with E-state index in [1.54, 1.807) is 38.5 Å². The largest absolute Gasteiger partial charge is 0.0591 e. The van der Waals surface area contributed by atoms with Crippen LogP contribution in [0.25, 0.3) is 0 Å². The summed E-state index contributed by atoms with van der Waals surface area (Å²) in [6.45, 7) is 2.59. The maximum absolute atomic E-state index is 2.59. The van der Waals surface area contributed by atoms with Gasteiger partial charge >= 0.3 is 0 Å². The third-order valence-electron chi connectivity index (χ3n) is 5.79. The first kappa shape index (κ1) is 8.32. The second-order valence-electron chi connectivity index (χ2n) is 6.05. The van der Waals surface area contributed by atoms with Gasteiger partial charge in [0.15, 0.2) is 0 Å². The predicted molar refractivity (Wildman–Crippen MR) is 55.6 cm³/mol. The Bertz CT molecular complexity index is 204. The normalized spacial score (nSPS) is 35.8. The lowest BCUT2D eigenvalue weighted by Gasteiger charge is -2.65. The second kappa shape index (κ2) is 2.52. The molecule has 0 bridgehead atoms. The molecular formula is C13H22. The van der Waals surface area contributed by atoms with Crippen LogP contribution >= 0.6 is 0 Å². The highest BCUT2D eigenvalue weighted by Crippen LogP contribution is 2.69. The Kier molecular flexibility index (Phi) is 1.61. The van der Waals surface area contributed by atoms with Gasteiger partial charge in [0.1, 0.15) is 0 Å². The van der Waals surface area contributed by atoms with Crippen LogP contribution in [-0.4, -0.2) is 0 Å². The molecule has 0 aromatic rings. The van der Waals surface area contributed by atoms with E-state index in [2.05, 4.69) is 6.92 Å². The van der Waals surface area contributed by atoms with Gasteiger partial charge in [0.2, 0.25) is 0 Å². The maximum Gasteiger partial charge on any atom is -0.0215 e. The highest BCUT2D eigenvalue weighted by Gasteiger charge is 2.58. The molecule has 0 spiro atoms. The Morgan fingerprint density at radius 3 is 1.69 bits per heavy atom. The zero-order chi connectivity index (χ0) is 8.94. The van der Waals surface area contributed by atoms with Crippen molar-refractivity contribution in [2.75, 3.05) is 0 Å². The highest BCUT2D eigenvalue weighted by atomic mass is 14.6. The van der Waals surface area contributed by atoms with Gasteiger partial charge in [-0.15, -0.1) is 0 Å². The monoisotopic (exact) mass is 178 g/mol. The van der Waals surface area contributed by atoms with Gasteiger partial charge < -0.3 is 0 Å². The van der Waals surface area contributed by atoms with Gasteiger partial charge in [0.25, 0.3) is 0 Å². The van der Waals surface area contributed by atoms with E-state index in [9.17, 15) is 0 Å². The third-order valence-corrected chi connectivity index (χ3v) is 5.79. The molecule has 0 aromatic carbocycles. The minimum absolute atomic E-state index is 0.788. The first-order valence-electron chi connectivity index (χ1n) is 6.27. The smallest absolute Gasteiger partial charge is 0.0215 e. The van der Waals surface area contributed by atoms with E-state index >= 15 is 0 Å². The molecule has 0 heteroatoms. The second-order valence-corrected chi connectivity index (χ2v) is 6.05. The van der Waals surface area contributed by atoms with Gasteiger partial charge in [-0.05, 0) is 55.3 Å². The van der Waals surface area contributed by atoms with Gasteiger partial charge in [-0.1, -0.05) is 26.2 Å². The van der Waals surface area contributed by atoms with Crippen molar-refractivity contribution >= 4 is 0 Å². The summed E-state index contributed by atoms with van der Waals surface area (Å²) in [4.78, 5) is 0. The van der Waals surface area contributed by atoms with E-state index in [1.165, 1.54) is 19.3 Å². The van der Waals surface area contributed by atoms with Crippen LogP contribution in [0.3, 0.4) is 0 Å². The van der Waals surface area contributed by atoms with E-state index in [0.717, 1.165) is 16.7 Å². The fraction of sp³-hybridized carbons (Fsp3) is 1.00. The van der Waals surface area contributed by atoms with Crippen molar-refractivity contribution in [3.8, 4) is 0 Å². The van der Waals surface area contributed by atoms with E-state index in [1.807, 2.05) is 0 Å². The number of rotatable bonds is 2. The van der Waals surface area contributed by atoms with E-state index in [4.69, 9.17) is 0 Å². The van der Waals surface area contributed by atoms with Crippen LogP contribution in [0.4, 0.5) is 0 Å². The molecular weight excluding hydrogens is 156 g/mol. The summed E-state index contributed by atoms with van der Waals surface area (Å²) >= 11 is 0. The summed E-state index contributed by atoms with van der Waals surface area (Å²) in [5.74, 6) is 1.14. The van der Waals surface area contributed by atoms with Crippen molar-refractivity contribution in [2.45, 2.75) is 64.7 Å². The molecule has 3 aliphatic rings. The van der Waals surface area contributed by atoms with E-state index in [-0.39, 0.29) is 0 Å². The van der Waals surface area contributed by atoms with Gasteiger partial charge in [-0.2, -0.15) is 0 Å². The molecule has 3 saturated carbocycles. The fourth-order valence-corrected chi connectivity index (χ4v) is 4.23. The van der Waals surface area contributed by atoms with Gasteiger partial charge in [-0.25, -0.2) is 0 Å². The van der Waals surface area contributed by atoms with Crippen LogP contribution in [0.5, 0.6) is 0 Å². The quantitative estimate of drug-likeness (QED) is 0.596. The summed E-state index contributed by atoms with van der Waals surface area (Å²) in [6, 6.07) is 0. The highest BCUT2D eigenvalue weighted by molar-refractivity contribution is 5.08. The molecule has 0 heterocycles. The van der Waals surface area contributed by atoms with Crippen molar-refractivity contribution in [1.82, 2.24) is 0 Å². The molecule has 3 fully saturated rings. The van der Waals surface area contributed by atoms with Crippen LogP contribution in [0.15, 0.2) is 0 Å². The average molecular weight is 178 g/mol. The summed E-state index contributed by atoms with van der Waals surface area (Å²) in [5, 5.41) is 0.